The Morgan fingerprint density at radius 2 is 1.31 bits per heavy atom. The first-order valence-electron chi connectivity index (χ1n) is 8.57. The van der Waals surface area contributed by atoms with Crippen molar-refractivity contribution in [1.82, 2.24) is 0 Å². The molecule has 1 rings (SSSR count). The molecule has 0 aliphatic rings. The van der Waals surface area contributed by atoms with Crippen LogP contribution in [0.2, 0.25) is 0 Å². The SMILES string of the molecule is CCC(F)CCc1ccc(CCCC(C)F)c(OC(F)F)c1OC(F)F. The molecule has 1 aromatic rings. The summed E-state index contributed by atoms with van der Waals surface area (Å²) >= 11 is 0. The summed E-state index contributed by atoms with van der Waals surface area (Å²) in [4.78, 5) is 0. The lowest BCUT2D eigenvalue weighted by atomic mass is 9.99. The van der Waals surface area contributed by atoms with E-state index in [0.29, 0.717) is 6.42 Å². The highest BCUT2D eigenvalue weighted by molar-refractivity contribution is 5.52. The molecule has 0 saturated carbocycles. The zero-order valence-electron chi connectivity index (χ0n) is 14.8. The van der Waals surface area contributed by atoms with E-state index in [-0.39, 0.29) is 43.2 Å². The number of ether oxygens (including phenoxy) is 2. The van der Waals surface area contributed by atoms with Gasteiger partial charge < -0.3 is 9.47 Å². The third-order valence-electron chi connectivity index (χ3n) is 3.91. The second kappa shape index (κ2) is 11.2. The molecule has 0 aliphatic carbocycles. The number of rotatable bonds is 12. The highest BCUT2D eigenvalue weighted by atomic mass is 19.3. The van der Waals surface area contributed by atoms with Crippen LogP contribution in [0.5, 0.6) is 11.5 Å². The van der Waals surface area contributed by atoms with Crippen LogP contribution in [0, 0.1) is 0 Å². The van der Waals surface area contributed by atoms with Crippen LogP contribution in [-0.2, 0) is 12.8 Å². The first-order valence-corrected chi connectivity index (χ1v) is 8.57. The average molecular weight is 386 g/mol. The van der Waals surface area contributed by atoms with Crippen molar-refractivity contribution >= 4 is 0 Å². The molecule has 0 aliphatic heterocycles. The molecule has 0 radical (unpaired) electrons. The van der Waals surface area contributed by atoms with Gasteiger partial charge in [0.1, 0.15) is 6.17 Å². The number of aryl methyl sites for hydroxylation is 2. The Morgan fingerprint density at radius 1 is 0.808 bits per heavy atom. The summed E-state index contributed by atoms with van der Waals surface area (Å²) in [5.74, 6) is -0.995. The molecule has 2 unspecified atom stereocenters. The zero-order chi connectivity index (χ0) is 19.7. The summed E-state index contributed by atoms with van der Waals surface area (Å²) in [5, 5.41) is 0. The smallest absolute Gasteiger partial charge is 0.387 e. The average Bonchev–Trinajstić information content (AvgIpc) is 2.55. The van der Waals surface area contributed by atoms with Gasteiger partial charge in [0.25, 0.3) is 0 Å². The summed E-state index contributed by atoms with van der Waals surface area (Å²) in [5.41, 5.74) is 0.386. The monoisotopic (exact) mass is 386 g/mol. The summed E-state index contributed by atoms with van der Waals surface area (Å²) in [7, 11) is 0. The number of alkyl halides is 6. The fraction of sp³-hybridized carbons (Fsp3) is 0.667. The van der Waals surface area contributed by atoms with E-state index in [1.54, 1.807) is 6.92 Å². The molecule has 0 spiro atoms. The van der Waals surface area contributed by atoms with E-state index in [1.807, 2.05) is 0 Å². The van der Waals surface area contributed by atoms with Crippen LogP contribution < -0.4 is 9.47 Å². The van der Waals surface area contributed by atoms with Crippen LogP contribution in [0.25, 0.3) is 0 Å². The highest BCUT2D eigenvalue weighted by Crippen LogP contribution is 2.39. The Hall–Kier alpha value is -1.60. The Morgan fingerprint density at radius 3 is 1.73 bits per heavy atom. The fourth-order valence-corrected chi connectivity index (χ4v) is 2.56. The van der Waals surface area contributed by atoms with Crippen LogP contribution in [0.1, 0.15) is 50.7 Å². The van der Waals surface area contributed by atoms with Crippen molar-refractivity contribution in [3.8, 4) is 11.5 Å². The molecular weight excluding hydrogens is 362 g/mol. The fourth-order valence-electron chi connectivity index (χ4n) is 2.56. The number of hydrogen-bond donors (Lipinski definition) is 0. The van der Waals surface area contributed by atoms with Gasteiger partial charge in [0.2, 0.25) is 0 Å². The molecule has 1 aromatic carbocycles. The van der Waals surface area contributed by atoms with Crippen molar-refractivity contribution in [3.05, 3.63) is 23.3 Å². The molecule has 0 amide bonds. The van der Waals surface area contributed by atoms with Crippen LogP contribution in [0.4, 0.5) is 26.3 Å². The molecular formula is C18H24F6O2. The lowest BCUT2D eigenvalue weighted by Gasteiger charge is -2.19. The highest BCUT2D eigenvalue weighted by Gasteiger charge is 2.23. The van der Waals surface area contributed by atoms with E-state index in [1.165, 1.54) is 19.1 Å². The van der Waals surface area contributed by atoms with Gasteiger partial charge in [-0.2, -0.15) is 17.6 Å². The summed E-state index contributed by atoms with van der Waals surface area (Å²) in [6.07, 6.45) is -1.18. The van der Waals surface area contributed by atoms with E-state index >= 15 is 0 Å². The second-order valence-corrected chi connectivity index (χ2v) is 6.02. The topological polar surface area (TPSA) is 18.5 Å². The second-order valence-electron chi connectivity index (χ2n) is 6.02. The molecule has 0 heterocycles. The Kier molecular flexibility index (Phi) is 9.65. The van der Waals surface area contributed by atoms with Gasteiger partial charge in [-0.15, -0.1) is 0 Å². The molecule has 0 bridgehead atoms. The number of hydrogen-bond acceptors (Lipinski definition) is 2. The molecule has 0 fully saturated rings. The maximum atomic E-state index is 13.5. The third kappa shape index (κ3) is 7.74. The van der Waals surface area contributed by atoms with Crippen molar-refractivity contribution < 1.29 is 35.8 Å². The standard InChI is InChI=1S/C18H24F6O2/c1-3-14(20)10-9-13-8-7-12(6-4-5-11(2)19)15(25-17(21)22)16(13)26-18(23)24/h7-8,11,14,17-18H,3-6,9-10H2,1-2H3. The molecule has 8 heteroatoms. The van der Waals surface area contributed by atoms with E-state index in [0.717, 1.165) is 0 Å². The van der Waals surface area contributed by atoms with Crippen molar-refractivity contribution in [2.24, 2.45) is 0 Å². The van der Waals surface area contributed by atoms with Crippen molar-refractivity contribution in [2.45, 2.75) is 77.9 Å². The van der Waals surface area contributed by atoms with Gasteiger partial charge >= 0.3 is 13.2 Å². The van der Waals surface area contributed by atoms with Gasteiger partial charge in [-0.25, -0.2) is 8.78 Å². The van der Waals surface area contributed by atoms with E-state index < -0.39 is 37.1 Å². The molecule has 2 atom stereocenters. The molecule has 0 aromatic heterocycles. The first kappa shape index (κ1) is 22.4. The van der Waals surface area contributed by atoms with E-state index in [9.17, 15) is 26.3 Å². The van der Waals surface area contributed by atoms with Gasteiger partial charge in [-0.05, 0) is 56.6 Å². The Bertz CT molecular complexity index is 537. The van der Waals surface area contributed by atoms with Gasteiger partial charge in [0, 0.05) is 0 Å². The first-order chi connectivity index (χ1) is 12.2. The molecule has 150 valence electrons. The minimum absolute atomic E-state index is 0.0401. The maximum Gasteiger partial charge on any atom is 0.387 e. The molecule has 26 heavy (non-hydrogen) atoms. The molecule has 0 N–H and O–H groups in total. The van der Waals surface area contributed by atoms with Gasteiger partial charge in [0.15, 0.2) is 11.5 Å². The van der Waals surface area contributed by atoms with Crippen LogP contribution in [0.3, 0.4) is 0 Å². The van der Waals surface area contributed by atoms with Crippen molar-refractivity contribution in [1.29, 1.82) is 0 Å². The molecule has 2 nitrogen and oxygen atoms in total. The largest absolute Gasteiger partial charge is 0.431 e. The molecule has 0 saturated heterocycles. The van der Waals surface area contributed by atoms with Gasteiger partial charge in [-0.1, -0.05) is 19.1 Å². The normalized spacial score (nSPS) is 13.9. The van der Waals surface area contributed by atoms with Crippen LogP contribution in [0.15, 0.2) is 12.1 Å². The zero-order valence-corrected chi connectivity index (χ0v) is 14.8. The summed E-state index contributed by atoms with van der Waals surface area (Å²) in [6, 6.07) is 2.89. The van der Waals surface area contributed by atoms with E-state index in [4.69, 9.17) is 0 Å². The summed E-state index contributed by atoms with van der Waals surface area (Å²) in [6.45, 7) is -3.48. The quantitative estimate of drug-likeness (QED) is 0.395. The minimum Gasteiger partial charge on any atom is -0.431 e. The van der Waals surface area contributed by atoms with Crippen molar-refractivity contribution in [3.63, 3.8) is 0 Å². The van der Waals surface area contributed by atoms with Crippen LogP contribution >= 0.6 is 0 Å². The number of halogens is 6. The van der Waals surface area contributed by atoms with E-state index in [2.05, 4.69) is 9.47 Å². The van der Waals surface area contributed by atoms with Gasteiger partial charge in [-0.3, -0.25) is 0 Å². The van der Waals surface area contributed by atoms with Crippen LogP contribution in [-0.4, -0.2) is 25.6 Å². The minimum atomic E-state index is -3.25. The third-order valence-corrected chi connectivity index (χ3v) is 3.91. The lowest BCUT2D eigenvalue weighted by Crippen LogP contribution is -2.12. The lowest BCUT2D eigenvalue weighted by molar-refractivity contribution is -0.0701. The summed E-state index contributed by atoms with van der Waals surface area (Å²) < 4.78 is 86.4. The van der Waals surface area contributed by atoms with Gasteiger partial charge in [0.05, 0.1) is 6.17 Å². The maximum absolute atomic E-state index is 13.5. The predicted octanol–water partition coefficient (Wildman–Crippen LogP) is 6.25. The predicted molar refractivity (Wildman–Crippen MR) is 86.7 cm³/mol. The Labute approximate surface area is 149 Å². The Balaban J connectivity index is 3.17. The van der Waals surface area contributed by atoms with Crippen molar-refractivity contribution in [2.75, 3.05) is 0 Å². The number of benzene rings is 1.